The smallest absolute Gasteiger partial charge is 0.170 e. The van der Waals surface area contributed by atoms with Crippen molar-refractivity contribution in [3.05, 3.63) is 33.9 Å². The van der Waals surface area contributed by atoms with Crippen LogP contribution in [0.5, 0.6) is 0 Å². The molecule has 3 aliphatic carbocycles. The minimum absolute atomic E-state index is 0.156. The number of hydrogen-bond acceptors (Lipinski definition) is 2. The van der Waals surface area contributed by atoms with E-state index in [0.29, 0.717) is 6.42 Å². The molecule has 3 aliphatic rings. The number of aromatic amines is 1. The van der Waals surface area contributed by atoms with Crippen LogP contribution in [-0.2, 0) is 11.2 Å². The van der Waals surface area contributed by atoms with Crippen molar-refractivity contribution in [3.63, 3.8) is 0 Å². The Balaban J connectivity index is 1.69. The van der Waals surface area contributed by atoms with Crippen LogP contribution in [0.2, 0.25) is 0 Å². The number of rotatable bonds is 3. The van der Waals surface area contributed by atoms with Crippen molar-refractivity contribution in [2.24, 2.45) is 11.3 Å². The predicted molar refractivity (Wildman–Crippen MR) is 94.3 cm³/mol. The van der Waals surface area contributed by atoms with Gasteiger partial charge in [0.1, 0.15) is 0 Å². The third-order valence-corrected chi connectivity index (χ3v) is 6.91. The number of nitrogens with one attached hydrogen (secondary N) is 1. The van der Waals surface area contributed by atoms with Gasteiger partial charge in [0, 0.05) is 17.2 Å². The summed E-state index contributed by atoms with van der Waals surface area (Å²) >= 11 is 3.65. The molecule has 1 fully saturated rings. The van der Waals surface area contributed by atoms with E-state index < -0.39 is 0 Å². The van der Waals surface area contributed by atoms with Crippen molar-refractivity contribution in [3.8, 4) is 0 Å². The molecule has 4 heteroatoms. The maximum Gasteiger partial charge on any atom is 0.170 e. The summed E-state index contributed by atoms with van der Waals surface area (Å²) in [6.07, 6.45) is 9.99. The topological polar surface area (TPSA) is 45.8 Å². The third kappa shape index (κ3) is 2.00. The van der Waals surface area contributed by atoms with Crippen LogP contribution in [0.15, 0.2) is 22.8 Å². The van der Waals surface area contributed by atoms with Gasteiger partial charge in [-0.05, 0) is 70.3 Å². The van der Waals surface area contributed by atoms with E-state index in [1.165, 1.54) is 47.8 Å². The zero-order valence-electron chi connectivity index (χ0n) is 13.0. The van der Waals surface area contributed by atoms with Gasteiger partial charge in [-0.1, -0.05) is 18.9 Å². The molecule has 0 aliphatic heterocycles. The quantitative estimate of drug-likeness (QED) is 0.845. The third-order valence-electron chi connectivity index (χ3n) is 6.07. The molecule has 1 N–H and O–H groups in total. The van der Waals surface area contributed by atoms with E-state index in [9.17, 15) is 4.79 Å². The van der Waals surface area contributed by atoms with Crippen molar-refractivity contribution < 1.29 is 4.79 Å². The highest BCUT2D eigenvalue weighted by molar-refractivity contribution is 9.12. The fraction of sp³-hybridized carbons (Fsp3) is 0.474. The largest absolute Gasteiger partial charge is 0.294 e. The Bertz CT molecular complexity index is 861. The Morgan fingerprint density at radius 1 is 1.35 bits per heavy atom. The standard InChI is InChI=1S/C19H19BrN2O/c20-18-16(23)6-8-19(7-5-11-1-2-11)9-13-12(17(18)19)3-4-15-14(13)10-21-22-15/h3-4,10-11H,1-2,5-9H2,(H,21,22)/t19-/m0/s1. The molecular formula is C19H19BrN2O. The van der Waals surface area contributed by atoms with Crippen molar-refractivity contribution in [1.29, 1.82) is 0 Å². The second kappa shape index (κ2) is 4.79. The van der Waals surface area contributed by atoms with Crippen LogP contribution in [0.25, 0.3) is 16.5 Å². The number of fused-ring (bicyclic) bond motifs is 5. The molecule has 3 nitrogen and oxygen atoms in total. The van der Waals surface area contributed by atoms with Gasteiger partial charge in [0.15, 0.2) is 5.78 Å². The fourth-order valence-electron chi connectivity index (χ4n) is 4.60. The van der Waals surface area contributed by atoms with Gasteiger partial charge in [-0.2, -0.15) is 5.10 Å². The lowest BCUT2D eigenvalue weighted by molar-refractivity contribution is -0.115. The Morgan fingerprint density at radius 3 is 3.04 bits per heavy atom. The van der Waals surface area contributed by atoms with E-state index >= 15 is 0 Å². The highest BCUT2D eigenvalue weighted by atomic mass is 79.9. The lowest BCUT2D eigenvalue weighted by atomic mass is 9.69. The molecule has 0 bridgehead atoms. The molecule has 0 unspecified atom stereocenters. The summed E-state index contributed by atoms with van der Waals surface area (Å²) in [6.45, 7) is 0. The molecule has 0 amide bonds. The SMILES string of the molecule is O=C1CC[C@@]2(CCC3CC3)Cc3c(ccc4[nH]ncc34)C2=C1Br. The van der Waals surface area contributed by atoms with Gasteiger partial charge in [-0.25, -0.2) is 0 Å². The molecule has 5 rings (SSSR count). The van der Waals surface area contributed by atoms with E-state index in [1.807, 2.05) is 6.20 Å². The fourth-order valence-corrected chi connectivity index (χ4v) is 5.44. The number of aromatic nitrogens is 2. The lowest BCUT2D eigenvalue weighted by Crippen LogP contribution is -2.27. The highest BCUT2D eigenvalue weighted by Gasteiger charge is 2.47. The molecule has 0 radical (unpaired) electrons. The molecule has 2 aromatic rings. The van der Waals surface area contributed by atoms with Crippen LogP contribution in [0.3, 0.4) is 0 Å². The minimum Gasteiger partial charge on any atom is -0.294 e. The van der Waals surface area contributed by atoms with Crippen LogP contribution < -0.4 is 0 Å². The summed E-state index contributed by atoms with van der Waals surface area (Å²) in [5, 5.41) is 8.52. The second-order valence-electron chi connectivity index (χ2n) is 7.47. The van der Waals surface area contributed by atoms with Gasteiger partial charge in [0.2, 0.25) is 0 Å². The monoisotopic (exact) mass is 370 g/mol. The first-order valence-electron chi connectivity index (χ1n) is 8.57. The number of carbonyl (C=O) groups excluding carboxylic acids is 1. The molecule has 118 valence electrons. The maximum atomic E-state index is 12.3. The van der Waals surface area contributed by atoms with Crippen LogP contribution in [0.4, 0.5) is 0 Å². The van der Waals surface area contributed by atoms with Gasteiger partial charge >= 0.3 is 0 Å². The number of nitrogens with zero attached hydrogens (tertiary/aromatic N) is 1. The first kappa shape index (κ1) is 14.0. The molecule has 23 heavy (non-hydrogen) atoms. The molecule has 1 aromatic carbocycles. The zero-order valence-corrected chi connectivity index (χ0v) is 14.6. The van der Waals surface area contributed by atoms with Crippen molar-refractivity contribution in [1.82, 2.24) is 10.2 Å². The average molecular weight is 371 g/mol. The average Bonchev–Trinajstić information content (AvgIpc) is 3.14. The number of ketones is 1. The van der Waals surface area contributed by atoms with E-state index in [4.69, 9.17) is 0 Å². The number of hydrogen-bond donors (Lipinski definition) is 1. The Hall–Kier alpha value is -1.42. The Labute approximate surface area is 143 Å². The number of carbonyl (C=O) groups is 1. The van der Waals surface area contributed by atoms with Gasteiger partial charge in [0.05, 0.1) is 16.2 Å². The molecule has 0 saturated heterocycles. The summed E-state index contributed by atoms with van der Waals surface area (Å²) in [7, 11) is 0. The van der Waals surface area contributed by atoms with Crippen LogP contribution >= 0.6 is 15.9 Å². The number of H-pyrrole nitrogens is 1. The minimum atomic E-state index is 0.156. The first-order chi connectivity index (χ1) is 11.2. The summed E-state index contributed by atoms with van der Waals surface area (Å²) in [5.74, 6) is 1.20. The number of halogens is 1. The van der Waals surface area contributed by atoms with Crippen molar-refractivity contribution >= 4 is 38.2 Å². The molecule has 1 saturated carbocycles. The molecule has 1 aromatic heterocycles. The number of benzene rings is 1. The zero-order chi connectivity index (χ0) is 15.6. The molecule has 0 spiro atoms. The Morgan fingerprint density at radius 2 is 2.22 bits per heavy atom. The van der Waals surface area contributed by atoms with Crippen LogP contribution in [-0.4, -0.2) is 16.0 Å². The van der Waals surface area contributed by atoms with E-state index in [2.05, 4.69) is 38.3 Å². The number of allylic oxidation sites excluding steroid dienone is 2. The van der Waals surface area contributed by atoms with E-state index in [-0.39, 0.29) is 11.2 Å². The highest BCUT2D eigenvalue weighted by Crippen LogP contribution is 2.59. The maximum absolute atomic E-state index is 12.3. The summed E-state index contributed by atoms with van der Waals surface area (Å²) in [6, 6.07) is 4.29. The normalized spacial score (nSPS) is 26.7. The first-order valence-corrected chi connectivity index (χ1v) is 9.36. The summed E-state index contributed by atoms with van der Waals surface area (Å²) < 4.78 is 0.834. The lowest BCUT2D eigenvalue weighted by Gasteiger charge is -2.35. The molecule has 1 heterocycles. The second-order valence-corrected chi connectivity index (χ2v) is 8.27. The van der Waals surface area contributed by atoms with Crippen molar-refractivity contribution in [2.45, 2.75) is 44.9 Å². The van der Waals surface area contributed by atoms with Gasteiger partial charge in [-0.3, -0.25) is 9.89 Å². The Kier molecular flexibility index (Phi) is 2.91. The predicted octanol–water partition coefficient (Wildman–Crippen LogP) is 4.76. The summed E-state index contributed by atoms with van der Waals surface area (Å²) in [5.41, 5.74) is 5.20. The van der Waals surface area contributed by atoms with Crippen molar-refractivity contribution in [2.75, 3.05) is 0 Å². The van der Waals surface area contributed by atoms with Gasteiger partial charge in [-0.15, -0.1) is 0 Å². The van der Waals surface area contributed by atoms with Crippen LogP contribution in [0.1, 0.15) is 49.7 Å². The number of Topliss-reactive ketones (excluding diaryl/α,β-unsaturated/α-hetero) is 1. The molecule has 1 atom stereocenters. The van der Waals surface area contributed by atoms with Crippen LogP contribution in [0, 0.1) is 11.3 Å². The van der Waals surface area contributed by atoms with Gasteiger partial charge < -0.3 is 0 Å². The van der Waals surface area contributed by atoms with E-state index in [0.717, 1.165) is 28.8 Å². The molecular weight excluding hydrogens is 352 g/mol. The van der Waals surface area contributed by atoms with Gasteiger partial charge in [0.25, 0.3) is 0 Å². The summed E-state index contributed by atoms with van der Waals surface area (Å²) in [4.78, 5) is 12.3. The van der Waals surface area contributed by atoms with E-state index in [1.54, 1.807) is 0 Å².